The Bertz CT molecular complexity index is 1170. The minimum atomic E-state index is -0.138. The molecule has 0 radical (unpaired) electrons. The van der Waals surface area contributed by atoms with Gasteiger partial charge in [0.05, 0.1) is 32.5 Å². The quantitative estimate of drug-likeness (QED) is 0.525. The van der Waals surface area contributed by atoms with Crippen LogP contribution in [0.4, 0.5) is 5.95 Å². The predicted molar refractivity (Wildman–Crippen MR) is 110 cm³/mol. The van der Waals surface area contributed by atoms with Gasteiger partial charge < -0.3 is 10.1 Å². The Morgan fingerprint density at radius 1 is 1.14 bits per heavy atom. The lowest BCUT2D eigenvalue weighted by molar-refractivity contribution is -0.497. The molecule has 29 heavy (non-hydrogen) atoms. The van der Waals surface area contributed by atoms with Gasteiger partial charge in [-0.1, -0.05) is 30.3 Å². The van der Waals surface area contributed by atoms with Gasteiger partial charge in [0, 0.05) is 24.3 Å². The molecule has 1 amide bonds. The first-order valence-corrected chi connectivity index (χ1v) is 9.76. The van der Waals surface area contributed by atoms with Gasteiger partial charge >= 0.3 is 5.95 Å². The molecule has 1 aliphatic heterocycles. The Morgan fingerprint density at radius 2 is 1.97 bits per heavy atom. The van der Waals surface area contributed by atoms with E-state index >= 15 is 0 Å². The Morgan fingerprint density at radius 3 is 2.86 bits per heavy atom. The number of hydrogen-bond donors (Lipinski definition) is 2. The van der Waals surface area contributed by atoms with Crippen LogP contribution in [-0.4, -0.2) is 42.2 Å². The number of nitrogens with zero attached hydrogens (tertiary/aromatic N) is 3. The molecular weight excluding hydrogens is 366 g/mol. The minimum absolute atomic E-state index is 0.138. The second kappa shape index (κ2) is 7.52. The Labute approximate surface area is 167 Å². The summed E-state index contributed by atoms with van der Waals surface area (Å²) in [6, 6.07) is 13.9. The van der Waals surface area contributed by atoms with Crippen molar-refractivity contribution in [2.24, 2.45) is 0 Å². The molecule has 1 fully saturated rings. The Kier molecular flexibility index (Phi) is 4.57. The van der Waals surface area contributed by atoms with Crippen molar-refractivity contribution in [2.75, 3.05) is 31.2 Å². The average molecular weight is 388 g/mol. The number of carbonyl (C=O) groups excluding carboxylic acids is 1. The van der Waals surface area contributed by atoms with Crippen LogP contribution in [0.2, 0.25) is 0 Å². The number of amides is 1. The fourth-order valence-electron chi connectivity index (χ4n) is 3.83. The smallest absolute Gasteiger partial charge is 0.363 e. The van der Waals surface area contributed by atoms with Crippen LogP contribution in [0.5, 0.6) is 0 Å². The van der Waals surface area contributed by atoms with Crippen molar-refractivity contribution in [3.05, 3.63) is 72.3 Å². The maximum atomic E-state index is 13.0. The van der Waals surface area contributed by atoms with E-state index in [9.17, 15) is 4.79 Å². The molecule has 4 heterocycles. The van der Waals surface area contributed by atoms with E-state index in [1.807, 2.05) is 59.4 Å². The van der Waals surface area contributed by atoms with Crippen LogP contribution in [0.3, 0.4) is 0 Å². The van der Waals surface area contributed by atoms with E-state index in [2.05, 4.69) is 26.3 Å². The molecule has 1 aliphatic rings. The van der Waals surface area contributed by atoms with Crippen LogP contribution in [0.25, 0.3) is 16.3 Å². The lowest BCUT2D eigenvalue weighted by atomic mass is 10.1. The summed E-state index contributed by atoms with van der Waals surface area (Å²) in [5.41, 5.74) is 2.40. The summed E-state index contributed by atoms with van der Waals surface area (Å²) < 4.78 is 7.49. The first-order valence-electron chi connectivity index (χ1n) is 9.76. The standard InChI is InChI=1S/C22H21N5O2/c28-21(24-15-17-14-23-13-16-5-1-2-6-18(16)17)20-19-7-3-4-8-27(19)22(25-20)26-9-11-29-12-10-26/h1-8,13-14H,9-12,15H2,(H,24,28)/p+1. The Balaban J connectivity index is 1.43. The number of anilines is 1. The molecule has 0 aliphatic carbocycles. The van der Waals surface area contributed by atoms with Crippen molar-refractivity contribution in [1.82, 2.24) is 15.3 Å². The summed E-state index contributed by atoms with van der Waals surface area (Å²) in [5.74, 6) is 0.766. The largest absolute Gasteiger partial charge is 0.375 e. The van der Waals surface area contributed by atoms with Crippen molar-refractivity contribution in [2.45, 2.75) is 6.54 Å². The molecule has 0 atom stereocenters. The number of rotatable bonds is 4. The van der Waals surface area contributed by atoms with E-state index in [1.165, 1.54) is 0 Å². The number of pyridine rings is 2. The van der Waals surface area contributed by atoms with Gasteiger partial charge in [0.15, 0.2) is 5.52 Å². The van der Waals surface area contributed by atoms with Gasteiger partial charge in [-0.05, 0) is 23.1 Å². The van der Waals surface area contributed by atoms with Gasteiger partial charge in [0.2, 0.25) is 5.69 Å². The van der Waals surface area contributed by atoms with Crippen molar-refractivity contribution in [1.29, 1.82) is 0 Å². The molecule has 5 rings (SSSR count). The molecule has 0 saturated carbocycles. The maximum absolute atomic E-state index is 13.0. The third kappa shape index (κ3) is 3.30. The number of ether oxygens (including phenoxy) is 1. The lowest BCUT2D eigenvalue weighted by Gasteiger charge is -2.21. The summed E-state index contributed by atoms with van der Waals surface area (Å²) in [4.78, 5) is 22.9. The van der Waals surface area contributed by atoms with E-state index in [0.29, 0.717) is 25.5 Å². The van der Waals surface area contributed by atoms with Crippen molar-refractivity contribution in [3.8, 4) is 0 Å². The molecule has 0 bridgehead atoms. The first-order chi connectivity index (χ1) is 14.3. The molecule has 4 aromatic rings. The summed E-state index contributed by atoms with van der Waals surface area (Å²) in [7, 11) is 0. The number of aromatic amines is 1. The third-order valence-corrected chi connectivity index (χ3v) is 5.31. The van der Waals surface area contributed by atoms with E-state index in [1.54, 1.807) is 0 Å². The zero-order valence-electron chi connectivity index (χ0n) is 16.0. The van der Waals surface area contributed by atoms with Crippen LogP contribution < -0.4 is 14.6 Å². The molecule has 146 valence electrons. The molecule has 1 saturated heterocycles. The van der Waals surface area contributed by atoms with Crippen molar-refractivity contribution >= 4 is 28.1 Å². The number of fused-ring (bicyclic) bond motifs is 2. The predicted octanol–water partition coefficient (Wildman–Crippen LogP) is 2.07. The van der Waals surface area contributed by atoms with E-state index in [4.69, 9.17) is 4.74 Å². The fourth-order valence-corrected chi connectivity index (χ4v) is 3.83. The highest BCUT2D eigenvalue weighted by molar-refractivity contribution is 5.98. The number of H-pyrrole nitrogens is 1. The minimum Gasteiger partial charge on any atom is -0.375 e. The number of carbonyl (C=O) groups is 1. The van der Waals surface area contributed by atoms with E-state index in [0.717, 1.165) is 40.9 Å². The number of aromatic nitrogens is 3. The molecule has 0 spiro atoms. The SMILES string of the molecule is O=C(NCc1cncc2ccccc12)c1[nH]c(N2CCOCC2)[n+]2ccccc12. The zero-order valence-corrected chi connectivity index (χ0v) is 16.0. The topological polar surface area (TPSA) is 74.3 Å². The van der Waals surface area contributed by atoms with Crippen LogP contribution >= 0.6 is 0 Å². The van der Waals surface area contributed by atoms with Crippen LogP contribution in [0.1, 0.15) is 16.1 Å². The number of benzene rings is 1. The summed E-state index contributed by atoms with van der Waals surface area (Å²) in [6.07, 6.45) is 5.62. The number of nitrogens with one attached hydrogen (secondary N) is 2. The van der Waals surface area contributed by atoms with Crippen molar-refractivity contribution in [3.63, 3.8) is 0 Å². The molecule has 0 unspecified atom stereocenters. The molecule has 3 aromatic heterocycles. The number of imidazole rings is 1. The van der Waals surface area contributed by atoms with Gasteiger partial charge in [-0.25, -0.2) is 9.38 Å². The van der Waals surface area contributed by atoms with E-state index in [-0.39, 0.29) is 5.91 Å². The summed E-state index contributed by atoms with van der Waals surface area (Å²) in [5, 5.41) is 5.21. The van der Waals surface area contributed by atoms with Gasteiger partial charge in [0.25, 0.3) is 5.91 Å². The Hall–Kier alpha value is -3.45. The van der Waals surface area contributed by atoms with Gasteiger partial charge in [-0.2, -0.15) is 0 Å². The number of hydrogen-bond acceptors (Lipinski definition) is 4. The highest BCUT2D eigenvalue weighted by Gasteiger charge is 2.28. The summed E-state index contributed by atoms with van der Waals surface area (Å²) in [6.45, 7) is 3.37. The van der Waals surface area contributed by atoms with E-state index < -0.39 is 0 Å². The lowest BCUT2D eigenvalue weighted by Crippen LogP contribution is -2.41. The van der Waals surface area contributed by atoms with Gasteiger partial charge in [0.1, 0.15) is 0 Å². The third-order valence-electron chi connectivity index (χ3n) is 5.31. The summed E-state index contributed by atoms with van der Waals surface area (Å²) >= 11 is 0. The normalized spacial score (nSPS) is 14.4. The monoisotopic (exact) mass is 388 g/mol. The van der Waals surface area contributed by atoms with Crippen molar-refractivity contribution < 1.29 is 13.9 Å². The molecule has 2 N–H and O–H groups in total. The second-order valence-electron chi connectivity index (χ2n) is 7.08. The fraction of sp³-hybridized carbons (Fsp3) is 0.227. The van der Waals surface area contributed by atoms with Gasteiger partial charge in [-0.15, -0.1) is 0 Å². The highest BCUT2D eigenvalue weighted by atomic mass is 16.5. The molecule has 7 nitrogen and oxygen atoms in total. The number of morpholine rings is 1. The second-order valence-corrected chi connectivity index (χ2v) is 7.08. The van der Waals surface area contributed by atoms with Gasteiger partial charge in [-0.3, -0.25) is 14.7 Å². The molecular formula is C22H22N5O2+. The van der Waals surface area contributed by atoms with Crippen LogP contribution in [0.15, 0.2) is 61.1 Å². The maximum Gasteiger partial charge on any atom is 0.363 e. The molecule has 1 aromatic carbocycles. The average Bonchev–Trinajstić information content (AvgIpc) is 3.18. The highest BCUT2D eigenvalue weighted by Crippen LogP contribution is 2.18. The van der Waals surface area contributed by atoms with Crippen LogP contribution in [0, 0.1) is 0 Å². The molecule has 7 heteroatoms. The van der Waals surface area contributed by atoms with Crippen LogP contribution in [-0.2, 0) is 11.3 Å². The zero-order chi connectivity index (χ0) is 19.6. The first kappa shape index (κ1) is 17.6.